The van der Waals surface area contributed by atoms with E-state index in [0.717, 1.165) is 0 Å². The fourth-order valence-electron chi connectivity index (χ4n) is 2.27. The number of esters is 1. The average molecular weight is 395 g/mol. The van der Waals surface area contributed by atoms with Crippen LogP contribution in [0, 0.1) is 5.92 Å². The molecule has 0 bridgehead atoms. The van der Waals surface area contributed by atoms with Gasteiger partial charge < -0.3 is 24.3 Å². The van der Waals surface area contributed by atoms with Crippen molar-refractivity contribution in [3.8, 4) is 17.8 Å². The van der Waals surface area contributed by atoms with Gasteiger partial charge in [-0.2, -0.15) is 9.97 Å². The maximum absolute atomic E-state index is 12.8. The Morgan fingerprint density at radius 3 is 2.11 bits per heavy atom. The average Bonchev–Trinajstić information content (AvgIpc) is 2.69. The Balaban J connectivity index is 3.15. The van der Waals surface area contributed by atoms with Crippen LogP contribution in [0.3, 0.4) is 0 Å². The molecule has 0 aromatic carbocycles. The third kappa shape index (κ3) is 6.71. The van der Waals surface area contributed by atoms with Crippen LogP contribution < -0.4 is 19.5 Å². The second-order valence-electron chi connectivity index (χ2n) is 6.48. The number of rotatable bonds is 10. The highest BCUT2D eigenvalue weighted by Gasteiger charge is 2.26. The summed E-state index contributed by atoms with van der Waals surface area (Å²) in [6.07, 6.45) is 0.983. The van der Waals surface area contributed by atoms with Crippen molar-refractivity contribution in [2.45, 2.75) is 46.6 Å². The summed E-state index contributed by atoms with van der Waals surface area (Å²) in [5.74, 6) is -0.437. The van der Waals surface area contributed by atoms with E-state index in [4.69, 9.17) is 18.9 Å². The third-order valence-corrected chi connectivity index (χ3v) is 3.89. The van der Waals surface area contributed by atoms with E-state index in [9.17, 15) is 9.59 Å². The van der Waals surface area contributed by atoms with Crippen LogP contribution in [0.4, 0.5) is 0 Å². The zero-order valence-corrected chi connectivity index (χ0v) is 17.5. The minimum absolute atomic E-state index is 0.00969. The predicted molar refractivity (Wildman–Crippen MR) is 102 cm³/mol. The van der Waals surface area contributed by atoms with Gasteiger partial charge in [-0.15, -0.1) is 0 Å². The standard InChI is InChI=1S/C19H29N3O6/c1-8-12(4)16(17(23)20-13(9-11(2)3)18(24)27-7)28-19-21-14(25-5)10-15(22-19)26-6/h10-11,13H,8-9H2,1-7H3,(H,20,23)/b16-12-/t13-/m0/s1. The summed E-state index contributed by atoms with van der Waals surface area (Å²) < 4.78 is 20.6. The lowest BCUT2D eigenvalue weighted by atomic mass is 10.0. The highest BCUT2D eigenvalue weighted by Crippen LogP contribution is 2.22. The van der Waals surface area contributed by atoms with Gasteiger partial charge in [-0.05, 0) is 31.3 Å². The highest BCUT2D eigenvalue weighted by atomic mass is 16.5. The Kier molecular flexibility index (Phi) is 9.20. The highest BCUT2D eigenvalue weighted by molar-refractivity contribution is 5.95. The van der Waals surface area contributed by atoms with E-state index in [2.05, 4.69) is 15.3 Å². The van der Waals surface area contributed by atoms with Crippen molar-refractivity contribution in [2.75, 3.05) is 21.3 Å². The van der Waals surface area contributed by atoms with Crippen molar-refractivity contribution in [2.24, 2.45) is 5.92 Å². The first kappa shape index (κ1) is 23.2. The summed E-state index contributed by atoms with van der Waals surface area (Å²) in [5.41, 5.74) is 0.663. The van der Waals surface area contributed by atoms with Gasteiger partial charge in [0, 0.05) is 0 Å². The van der Waals surface area contributed by atoms with E-state index < -0.39 is 17.9 Å². The van der Waals surface area contributed by atoms with E-state index in [0.29, 0.717) is 18.4 Å². The Morgan fingerprint density at radius 1 is 1.11 bits per heavy atom. The molecule has 28 heavy (non-hydrogen) atoms. The minimum Gasteiger partial charge on any atom is -0.481 e. The van der Waals surface area contributed by atoms with E-state index in [-0.39, 0.29) is 29.4 Å². The second kappa shape index (κ2) is 11.1. The van der Waals surface area contributed by atoms with Crippen molar-refractivity contribution in [1.29, 1.82) is 0 Å². The van der Waals surface area contributed by atoms with E-state index in [1.54, 1.807) is 6.92 Å². The largest absolute Gasteiger partial charge is 0.481 e. The van der Waals surface area contributed by atoms with Gasteiger partial charge >= 0.3 is 12.0 Å². The van der Waals surface area contributed by atoms with Crippen molar-refractivity contribution in [3.05, 3.63) is 17.4 Å². The van der Waals surface area contributed by atoms with Crippen LogP contribution >= 0.6 is 0 Å². The molecule has 1 amide bonds. The Bertz CT molecular complexity index is 695. The molecule has 0 fully saturated rings. The molecule has 0 saturated heterocycles. The zero-order chi connectivity index (χ0) is 21.3. The lowest BCUT2D eigenvalue weighted by molar-refractivity contribution is -0.145. The van der Waals surface area contributed by atoms with Crippen LogP contribution in [0.1, 0.15) is 40.5 Å². The van der Waals surface area contributed by atoms with E-state index in [1.807, 2.05) is 20.8 Å². The Labute approximate surface area is 165 Å². The number of hydrogen-bond acceptors (Lipinski definition) is 8. The van der Waals surface area contributed by atoms with Gasteiger partial charge in [0.15, 0.2) is 5.76 Å². The topological polar surface area (TPSA) is 109 Å². The Hall–Kier alpha value is -2.84. The fraction of sp³-hybridized carbons (Fsp3) is 0.579. The van der Waals surface area contributed by atoms with Crippen molar-refractivity contribution in [3.63, 3.8) is 0 Å². The maximum atomic E-state index is 12.8. The first-order chi connectivity index (χ1) is 13.2. The van der Waals surface area contributed by atoms with Crippen LogP contribution in [-0.2, 0) is 14.3 Å². The molecule has 1 heterocycles. The molecule has 9 heteroatoms. The maximum Gasteiger partial charge on any atom is 0.328 e. The molecular formula is C19H29N3O6. The Morgan fingerprint density at radius 2 is 1.68 bits per heavy atom. The summed E-state index contributed by atoms with van der Waals surface area (Å²) in [7, 11) is 4.17. The number of ether oxygens (including phenoxy) is 4. The molecule has 1 N–H and O–H groups in total. The van der Waals surface area contributed by atoms with Crippen LogP contribution in [-0.4, -0.2) is 49.2 Å². The monoisotopic (exact) mass is 395 g/mol. The van der Waals surface area contributed by atoms with Gasteiger partial charge in [0.25, 0.3) is 5.91 Å². The van der Waals surface area contributed by atoms with Gasteiger partial charge in [0.2, 0.25) is 11.8 Å². The third-order valence-electron chi connectivity index (χ3n) is 3.89. The summed E-state index contributed by atoms with van der Waals surface area (Å²) in [6.45, 7) is 7.53. The van der Waals surface area contributed by atoms with Crippen LogP contribution in [0.2, 0.25) is 0 Å². The second-order valence-corrected chi connectivity index (χ2v) is 6.48. The van der Waals surface area contributed by atoms with Crippen molar-refractivity contribution < 1.29 is 28.5 Å². The molecule has 1 atom stereocenters. The SMILES string of the molecule is CC/C(C)=C(\Oc1nc(OC)cc(OC)n1)C(=O)N[C@@H](CC(C)C)C(=O)OC. The molecule has 0 unspecified atom stereocenters. The van der Waals surface area contributed by atoms with Crippen molar-refractivity contribution in [1.82, 2.24) is 15.3 Å². The number of carbonyl (C=O) groups excluding carboxylic acids is 2. The number of nitrogens with zero attached hydrogens (tertiary/aromatic N) is 2. The number of nitrogens with one attached hydrogen (secondary N) is 1. The zero-order valence-electron chi connectivity index (χ0n) is 17.5. The summed E-state index contributed by atoms with van der Waals surface area (Å²) in [4.78, 5) is 33.0. The van der Waals surface area contributed by atoms with E-state index in [1.165, 1.54) is 27.4 Å². The van der Waals surface area contributed by atoms with Crippen molar-refractivity contribution >= 4 is 11.9 Å². The summed E-state index contributed by atoms with van der Waals surface area (Å²) >= 11 is 0. The lowest BCUT2D eigenvalue weighted by Gasteiger charge is -2.20. The minimum atomic E-state index is -0.790. The molecule has 0 saturated carbocycles. The molecule has 1 aromatic heterocycles. The molecule has 0 aliphatic rings. The lowest BCUT2D eigenvalue weighted by Crippen LogP contribution is -2.44. The molecule has 1 rings (SSSR count). The van der Waals surface area contributed by atoms with Gasteiger partial charge in [-0.25, -0.2) is 4.79 Å². The number of hydrogen-bond donors (Lipinski definition) is 1. The first-order valence-corrected chi connectivity index (χ1v) is 8.98. The molecule has 0 spiro atoms. The first-order valence-electron chi connectivity index (χ1n) is 8.98. The summed E-state index contributed by atoms with van der Waals surface area (Å²) in [6, 6.07) is 0.591. The van der Waals surface area contributed by atoms with Gasteiger partial charge in [0.05, 0.1) is 27.4 Å². The number of carbonyl (C=O) groups is 2. The quantitative estimate of drug-likeness (QED) is 0.365. The molecule has 1 aromatic rings. The predicted octanol–water partition coefficient (Wildman–Crippen LogP) is 2.26. The fourth-order valence-corrected chi connectivity index (χ4v) is 2.27. The number of aromatic nitrogens is 2. The number of methoxy groups -OCH3 is 3. The molecule has 0 radical (unpaired) electrons. The molecule has 9 nitrogen and oxygen atoms in total. The molecular weight excluding hydrogens is 366 g/mol. The molecule has 0 aliphatic carbocycles. The van der Waals surface area contributed by atoms with Gasteiger partial charge in [-0.3, -0.25) is 4.79 Å². The molecule has 156 valence electrons. The number of amides is 1. The van der Waals surface area contributed by atoms with Gasteiger partial charge in [-0.1, -0.05) is 20.8 Å². The van der Waals surface area contributed by atoms with Gasteiger partial charge in [0.1, 0.15) is 6.04 Å². The smallest absolute Gasteiger partial charge is 0.328 e. The van der Waals surface area contributed by atoms with E-state index >= 15 is 0 Å². The summed E-state index contributed by atoms with van der Waals surface area (Å²) in [5, 5.41) is 2.68. The van der Waals surface area contributed by atoms with Crippen LogP contribution in [0.15, 0.2) is 17.4 Å². The molecule has 0 aliphatic heterocycles. The number of allylic oxidation sites excluding steroid dienone is 1. The van der Waals surface area contributed by atoms with Crippen LogP contribution in [0.25, 0.3) is 0 Å². The van der Waals surface area contributed by atoms with Crippen LogP contribution in [0.5, 0.6) is 17.8 Å². The normalized spacial score (nSPS) is 12.7.